The number of anilines is 3. The Morgan fingerprint density at radius 3 is 2.59 bits per heavy atom. The third kappa shape index (κ3) is 7.00. The van der Waals surface area contributed by atoms with Gasteiger partial charge in [-0.2, -0.15) is 5.26 Å². The van der Waals surface area contributed by atoms with E-state index in [1.807, 2.05) is 54.6 Å². The SMILES string of the molecule is CNC(=O)CNc1cccc(Oc2ccc(Nc3c(C#N)cnc4cc(OCCCCl)c(OC)cc34)cc2)c1. The molecule has 200 valence electrons. The highest BCUT2D eigenvalue weighted by atomic mass is 35.5. The standard InChI is InChI=1S/C29H28ClN5O4/c1-32-28(36)18-33-21-5-3-6-23(13-21)39-22-9-7-20(8-10-22)35-29-19(16-31)17-34-25-15-27(38-12-4-11-30)26(37-2)14-24(25)29/h3,5-10,13-15,17,33H,4,11-12,18H2,1-2H3,(H,32,36)(H,34,35). The van der Waals surface area contributed by atoms with Crippen LogP contribution in [0.25, 0.3) is 10.9 Å². The quantitative estimate of drug-likeness (QED) is 0.151. The summed E-state index contributed by atoms with van der Waals surface area (Å²) >= 11 is 5.76. The van der Waals surface area contributed by atoms with E-state index in [4.69, 9.17) is 25.8 Å². The lowest BCUT2D eigenvalue weighted by Crippen LogP contribution is -2.26. The summed E-state index contributed by atoms with van der Waals surface area (Å²) in [6, 6.07) is 20.5. The molecule has 0 aliphatic carbocycles. The molecule has 10 heteroatoms. The summed E-state index contributed by atoms with van der Waals surface area (Å²) in [4.78, 5) is 15.9. The predicted molar refractivity (Wildman–Crippen MR) is 153 cm³/mol. The number of alkyl halides is 1. The fraction of sp³-hybridized carbons (Fsp3) is 0.207. The number of carbonyl (C=O) groups is 1. The van der Waals surface area contributed by atoms with E-state index in [1.54, 1.807) is 20.2 Å². The average Bonchev–Trinajstić information content (AvgIpc) is 2.97. The van der Waals surface area contributed by atoms with Crippen molar-refractivity contribution in [3.63, 3.8) is 0 Å². The number of carbonyl (C=O) groups excluding carboxylic acids is 1. The summed E-state index contributed by atoms with van der Waals surface area (Å²) in [5.74, 6) is 2.74. The second-order valence-electron chi connectivity index (χ2n) is 8.38. The first kappa shape index (κ1) is 27.4. The van der Waals surface area contributed by atoms with E-state index in [2.05, 4.69) is 27.0 Å². The van der Waals surface area contributed by atoms with Gasteiger partial charge in [0.25, 0.3) is 0 Å². The molecule has 9 nitrogen and oxygen atoms in total. The molecule has 4 rings (SSSR count). The Labute approximate surface area is 231 Å². The highest BCUT2D eigenvalue weighted by Gasteiger charge is 2.15. The molecule has 1 aromatic heterocycles. The van der Waals surface area contributed by atoms with Crippen LogP contribution < -0.4 is 30.2 Å². The Morgan fingerprint density at radius 2 is 1.87 bits per heavy atom. The number of aromatic nitrogens is 1. The fourth-order valence-electron chi connectivity index (χ4n) is 3.76. The van der Waals surface area contributed by atoms with E-state index in [0.29, 0.717) is 58.7 Å². The van der Waals surface area contributed by atoms with Crippen molar-refractivity contribution >= 4 is 45.5 Å². The van der Waals surface area contributed by atoms with E-state index in [-0.39, 0.29) is 12.5 Å². The Bertz CT molecular complexity index is 1490. The van der Waals surface area contributed by atoms with Gasteiger partial charge in [-0.25, -0.2) is 0 Å². The third-order valence-electron chi connectivity index (χ3n) is 5.73. The van der Waals surface area contributed by atoms with Crippen molar-refractivity contribution in [1.82, 2.24) is 10.3 Å². The van der Waals surface area contributed by atoms with Crippen LogP contribution in [0.3, 0.4) is 0 Å². The molecule has 0 atom stereocenters. The molecule has 1 heterocycles. The molecule has 0 aliphatic heterocycles. The molecule has 3 N–H and O–H groups in total. The number of nitrogens with zero attached hydrogens (tertiary/aromatic N) is 2. The molecule has 0 aliphatic rings. The van der Waals surface area contributed by atoms with Crippen LogP contribution in [0.2, 0.25) is 0 Å². The van der Waals surface area contributed by atoms with E-state index in [9.17, 15) is 10.1 Å². The van der Waals surface area contributed by atoms with Gasteiger partial charge >= 0.3 is 0 Å². The smallest absolute Gasteiger partial charge is 0.239 e. The summed E-state index contributed by atoms with van der Waals surface area (Å²) in [5, 5.41) is 19.4. The number of hydrogen-bond acceptors (Lipinski definition) is 8. The Morgan fingerprint density at radius 1 is 1.05 bits per heavy atom. The summed E-state index contributed by atoms with van der Waals surface area (Å²) in [5.41, 5.74) is 3.18. The van der Waals surface area contributed by atoms with Gasteiger partial charge in [0.15, 0.2) is 11.5 Å². The van der Waals surface area contributed by atoms with Crippen LogP contribution in [0.1, 0.15) is 12.0 Å². The van der Waals surface area contributed by atoms with Crippen LogP contribution in [0, 0.1) is 11.3 Å². The molecule has 0 spiro atoms. The second kappa shape index (κ2) is 13.2. The Kier molecular flexibility index (Phi) is 9.27. The highest BCUT2D eigenvalue weighted by molar-refractivity contribution is 6.17. The number of pyridine rings is 1. The van der Waals surface area contributed by atoms with Gasteiger partial charge in [-0.05, 0) is 48.9 Å². The zero-order valence-electron chi connectivity index (χ0n) is 21.6. The number of ether oxygens (including phenoxy) is 3. The zero-order chi connectivity index (χ0) is 27.6. The van der Waals surface area contributed by atoms with Crippen LogP contribution in [-0.4, -0.2) is 44.1 Å². The number of hydrogen-bond donors (Lipinski definition) is 3. The second-order valence-corrected chi connectivity index (χ2v) is 8.75. The summed E-state index contributed by atoms with van der Waals surface area (Å²) in [6.45, 7) is 0.626. The molecular weight excluding hydrogens is 518 g/mol. The monoisotopic (exact) mass is 545 g/mol. The van der Waals surface area contributed by atoms with Crippen molar-refractivity contribution in [3.05, 3.63) is 72.4 Å². The molecule has 0 bridgehead atoms. The summed E-state index contributed by atoms with van der Waals surface area (Å²) in [6.07, 6.45) is 2.23. The van der Waals surface area contributed by atoms with Gasteiger partial charge in [-0.15, -0.1) is 11.6 Å². The van der Waals surface area contributed by atoms with Crippen molar-refractivity contribution in [2.75, 3.05) is 43.8 Å². The van der Waals surface area contributed by atoms with Gasteiger partial charge < -0.3 is 30.2 Å². The van der Waals surface area contributed by atoms with Gasteiger partial charge in [-0.1, -0.05) is 6.07 Å². The number of halogens is 1. The number of nitrogens with one attached hydrogen (secondary N) is 3. The van der Waals surface area contributed by atoms with Gasteiger partial charge in [0.1, 0.15) is 17.6 Å². The van der Waals surface area contributed by atoms with Crippen LogP contribution in [-0.2, 0) is 4.79 Å². The number of methoxy groups -OCH3 is 1. The number of likely N-dealkylation sites (N-methyl/N-ethyl adjacent to an activating group) is 1. The number of amides is 1. The molecular formula is C29H28ClN5O4. The molecule has 3 aromatic carbocycles. The first-order chi connectivity index (χ1) is 19.0. The van der Waals surface area contributed by atoms with Gasteiger partial charge in [0, 0.05) is 48.0 Å². The van der Waals surface area contributed by atoms with Gasteiger partial charge in [0.05, 0.1) is 37.0 Å². The number of nitriles is 1. The Hall–Kier alpha value is -4.68. The van der Waals surface area contributed by atoms with Crippen LogP contribution >= 0.6 is 11.6 Å². The normalized spacial score (nSPS) is 10.4. The molecule has 0 fully saturated rings. The van der Waals surface area contributed by atoms with Gasteiger partial charge in [0.2, 0.25) is 5.91 Å². The van der Waals surface area contributed by atoms with Crippen molar-refractivity contribution in [2.45, 2.75) is 6.42 Å². The molecule has 0 saturated carbocycles. The van der Waals surface area contributed by atoms with Gasteiger partial charge in [-0.3, -0.25) is 9.78 Å². The maximum Gasteiger partial charge on any atom is 0.239 e. The summed E-state index contributed by atoms with van der Waals surface area (Å²) in [7, 11) is 3.16. The number of fused-ring (bicyclic) bond motifs is 1. The van der Waals surface area contributed by atoms with Crippen LogP contribution in [0.15, 0.2) is 66.9 Å². The van der Waals surface area contributed by atoms with E-state index in [1.165, 1.54) is 6.20 Å². The van der Waals surface area contributed by atoms with Crippen molar-refractivity contribution in [1.29, 1.82) is 5.26 Å². The minimum absolute atomic E-state index is 0.111. The Balaban J connectivity index is 1.53. The maximum atomic E-state index is 11.5. The van der Waals surface area contributed by atoms with Crippen molar-refractivity contribution < 1.29 is 19.0 Å². The van der Waals surface area contributed by atoms with Crippen molar-refractivity contribution in [3.8, 4) is 29.1 Å². The predicted octanol–water partition coefficient (Wildman–Crippen LogP) is 5.82. The average molecular weight is 546 g/mol. The molecule has 4 aromatic rings. The van der Waals surface area contributed by atoms with E-state index in [0.717, 1.165) is 16.8 Å². The molecule has 39 heavy (non-hydrogen) atoms. The maximum absolute atomic E-state index is 11.5. The first-order valence-electron chi connectivity index (χ1n) is 12.2. The van der Waals surface area contributed by atoms with E-state index >= 15 is 0 Å². The highest BCUT2D eigenvalue weighted by Crippen LogP contribution is 2.37. The van der Waals surface area contributed by atoms with Crippen molar-refractivity contribution in [2.24, 2.45) is 0 Å². The number of rotatable bonds is 12. The lowest BCUT2D eigenvalue weighted by molar-refractivity contribution is -0.118. The van der Waals surface area contributed by atoms with E-state index < -0.39 is 0 Å². The minimum Gasteiger partial charge on any atom is -0.493 e. The third-order valence-corrected chi connectivity index (χ3v) is 6.00. The summed E-state index contributed by atoms with van der Waals surface area (Å²) < 4.78 is 17.3. The number of benzene rings is 3. The molecule has 0 radical (unpaired) electrons. The lowest BCUT2D eigenvalue weighted by atomic mass is 10.1. The first-order valence-corrected chi connectivity index (χ1v) is 12.8. The molecule has 0 saturated heterocycles. The van der Waals surface area contributed by atoms with Crippen LogP contribution in [0.4, 0.5) is 17.1 Å². The largest absolute Gasteiger partial charge is 0.493 e. The minimum atomic E-state index is -0.111. The lowest BCUT2D eigenvalue weighted by Gasteiger charge is -2.15. The van der Waals surface area contributed by atoms with Crippen LogP contribution in [0.5, 0.6) is 23.0 Å². The molecule has 1 amide bonds. The zero-order valence-corrected chi connectivity index (χ0v) is 22.3. The topological polar surface area (TPSA) is 118 Å². The fourth-order valence-corrected chi connectivity index (χ4v) is 3.86. The molecule has 0 unspecified atom stereocenters.